The predicted octanol–water partition coefficient (Wildman–Crippen LogP) is 2.52. The molecule has 94 valence electrons. The molecule has 0 aromatic carbocycles. The van der Waals surface area contributed by atoms with Gasteiger partial charge in [-0.25, -0.2) is 4.79 Å². The van der Waals surface area contributed by atoms with E-state index >= 15 is 0 Å². The van der Waals surface area contributed by atoms with E-state index in [4.69, 9.17) is 4.74 Å². The summed E-state index contributed by atoms with van der Waals surface area (Å²) in [5.41, 5.74) is -0.542. The lowest BCUT2D eigenvalue weighted by Gasteiger charge is -2.23. The van der Waals surface area contributed by atoms with Crippen molar-refractivity contribution in [1.29, 1.82) is 0 Å². The molecule has 0 heterocycles. The van der Waals surface area contributed by atoms with E-state index in [2.05, 4.69) is 5.32 Å². The lowest BCUT2D eigenvalue weighted by Crippen LogP contribution is -2.34. The number of rotatable bonds is 5. The first kappa shape index (κ1) is 14.9. The first-order valence-corrected chi connectivity index (χ1v) is 5.57. The molecule has 0 rings (SSSR count). The third-order valence-corrected chi connectivity index (χ3v) is 2.11. The van der Waals surface area contributed by atoms with Crippen LogP contribution in [-0.4, -0.2) is 24.5 Å². The molecule has 0 spiro atoms. The van der Waals surface area contributed by atoms with Gasteiger partial charge in [0, 0.05) is 13.0 Å². The molecule has 1 N–H and O–H groups in total. The van der Waals surface area contributed by atoms with Crippen LogP contribution in [0.4, 0.5) is 4.79 Å². The Hall–Kier alpha value is -1.06. The van der Waals surface area contributed by atoms with Gasteiger partial charge in [-0.15, -0.1) is 0 Å². The van der Waals surface area contributed by atoms with E-state index in [9.17, 15) is 9.59 Å². The Labute approximate surface area is 97.7 Å². The fourth-order valence-corrected chi connectivity index (χ4v) is 1.14. The summed E-state index contributed by atoms with van der Waals surface area (Å²) < 4.78 is 5.09. The molecule has 0 aliphatic carbocycles. The van der Waals surface area contributed by atoms with Crippen LogP contribution in [0.1, 0.15) is 47.5 Å². The van der Waals surface area contributed by atoms with E-state index in [1.807, 2.05) is 34.6 Å². The summed E-state index contributed by atoms with van der Waals surface area (Å²) in [5, 5.41) is 2.68. The number of carbonyl (C=O) groups is 2. The Morgan fingerprint density at radius 2 is 1.81 bits per heavy atom. The number of carbonyl (C=O) groups excluding carboxylic acids is 2. The van der Waals surface area contributed by atoms with Crippen LogP contribution in [0.3, 0.4) is 0 Å². The smallest absolute Gasteiger partial charge is 0.407 e. The number of alkyl carbamates (subject to hydrolysis) is 1. The Morgan fingerprint density at radius 3 is 2.25 bits per heavy atom. The Kier molecular flexibility index (Phi) is 5.48. The molecule has 0 aliphatic heterocycles. The van der Waals surface area contributed by atoms with Crippen LogP contribution in [0.15, 0.2) is 0 Å². The fourth-order valence-electron chi connectivity index (χ4n) is 1.14. The zero-order valence-corrected chi connectivity index (χ0v) is 10.9. The van der Waals surface area contributed by atoms with Crippen LogP contribution < -0.4 is 5.32 Å². The largest absolute Gasteiger partial charge is 0.444 e. The third-order valence-electron chi connectivity index (χ3n) is 2.11. The minimum Gasteiger partial charge on any atom is -0.444 e. The lowest BCUT2D eigenvalue weighted by molar-refractivity contribution is -0.109. The Morgan fingerprint density at radius 1 is 1.25 bits per heavy atom. The quantitative estimate of drug-likeness (QED) is 0.737. The average molecular weight is 229 g/mol. The van der Waals surface area contributed by atoms with Gasteiger partial charge in [-0.2, -0.15) is 0 Å². The van der Waals surface area contributed by atoms with Crippen LogP contribution >= 0.6 is 0 Å². The first-order chi connectivity index (χ1) is 7.16. The average Bonchev–Trinajstić information content (AvgIpc) is 1.99. The van der Waals surface area contributed by atoms with Gasteiger partial charge in [-0.3, -0.25) is 0 Å². The van der Waals surface area contributed by atoms with Gasteiger partial charge in [0.2, 0.25) is 0 Å². The summed E-state index contributed by atoms with van der Waals surface area (Å²) >= 11 is 0. The fraction of sp³-hybridized carbons (Fsp3) is 0.833. The van der Waals surface area contributed by atoms with Crippen LogP contribution in [0.2, 0.25) is 0 Å². The summed E-state index contributed by atoms with van der Waals surface area (Å²) in [6, 6.07) is 0. The highest BCUT2D eigenvalue weighted by molar-refractivity contribution is 5.67. The second kappa shape index (κ2) is 5.87. The topological polar surface area (TPSA) is 55.4 Å². The summed E-state index contributed by atoms with van der Waals surface area (Å²) in [5.74, 6) is 0. The number of ether oxygens (including phenoxy) is 1. The van der Waals surface area contributed by atoms with Crippen molar-refractivity contribution in [2.75, 3.05) is 6.54 Å². The van der Waals surface area contributed by atoms with E-state index in [1.54, 1.807) is 0 Å². The SMILES string of the molecule is CC(C)(CC=O)CCNC(=O)OC(C)(C)C. The number of amides is 1. The van der Waals surface area contributed by atoms with Gasteiger partial charge in [-0.05, 0) is 32.6 Å². The molecule has 0 saturated carbocycles. The number of hydrogen-bond acceptors (Lipinski definition) is 3. The van der Waals surface area contributed by atoms with Crippen LogP contribution in [0.5, 0.6) is 0 Å². The van der Waals surface area contributed by atoms with Crippen molar-refractivity contribution in [2.45, 2.75) is 53.1 Å². The number of aldehydes is 1. The second-order valence-corrected chi connectivity index (χ2v) is 5.71. The minimum absolute atomic E-state index is 0.0727. The van der Waals surface area contributed by atoms with Crippen molar-refractivity contribution < 1.29 is 14.3 Å². The zero-order valence-electron chi connectivity index (χ0n) is 10.9. The van der Waals surface area contributed by atoms with E-state index in [0.29, 0.717) is 13.0 Å². The maximum atomic E-state index is 11.3. The summed E-state index contributed by atoms with van der Waals surface area (Å²) in [6.07, 6.45) is 1.76. The summed E-state index contributed by atoms with van der Waals surface area (Å²) in [6.45, 7) is 9.99. The van der Waals surface area contributed by atoms with Gasteiger partial charge in [0.25, 0.3) is 0 Å². The first-order valence-electron chi connectivity index (χ1n) is 5.57. The molecule has 0 radical (unpaired) electrons. The van der Waals surface area contributed by atoms with Crippen molar-refractivity contribution in [3.63, 3.8) is 0 Å². The highest BCUT2D eigenvalue weighted by Gasteiger charge is 2.19. The minimum atomic E-state index is -0.470. The number of nitrogens with one attached hydrogen (secondary N) is 1. The van der Waals surface area contributed by atoms with Crippen LogP contribution in [0, 0.1) is 5.41 Å². The summed E-state index contributed by atoms with van der Waals surface area (Å²) in [4.78, 5) is 21.7. The normalized spacial score (nSPS) is 12.1. The monoisotopic (exact) mass is 229 g/mol. The van der Waals surface area contributed by atoms with E-state index < -0.39 is 11.7 Å². The van der Waals surface area contributed by atoms with Crippen LogP contribution in [-0.2, 0) is 9.53 Å². The molecule has 0 fully saturated rings. The van der Waals surface area contributed by atoms with Crippen molar-refractivity contribution in [3.05, 3.63) is 0 Å². The molecule has 0 atom stereocenters. The second-order valence-electron chi connectivity index (χ2n) is 5.71. The van der Waals surface area contributed by atoms with Crippen LogP contribution in [0.25, 0.3) is 0 Å². The van der Waals surface area contributed by atoms with Crippen molar-refractivity contribution in [2.24, 2.45) is 5.41 Å². The molecule has 0 aromatic rings. The highest BCUT2D eigenvalue weighted by atomic mass is 16.6. The highest BCUT2D eigenvalue weighted by Crippen LogP contribution is 2.22. The molecular weight excluding hydrogens is 206 g/mol. The Balaban J connectivity index is 3.82. The molecule has 0 saturated heterocycles. The van der Waals surface area contributed by atoms with Crippen molar-refractivity contribution in [1.82, 2.24) is 5.32 Å². The molecular formula is C12H23NO3. The Bertz CT molecular complexity index is 241. The molecule has 0 unspecified atom stereocenters. The standard InChI is InChI=1S/C12H23NO3/c1-11(2,3)16-10(15)13-8-6-12(4,5)7-9-14/h9H,6-8H2,1-5H3,(H,13,15). The number of hydrogen-bond donors (Lipinski definition) is 1. The maximum absolute atomic E-state index is 11.3. The van der Waals surface area contributed by atoms with E-state index in [1.165, 1.54) is 0 Å². The maximum Gasteiger partial charge on any atom is 0.407 e. The summed E-state index contributed by atoms with van der Waals surface area (Å²) in [7, 11) is 0. The van der Waals surface area contributed by atoms with E-state index in [-0.39, 0.29) is 5.41 Å². The molecule has 0 aromatic heterocycles. The molecule has 4 nitrogen and oxygen atoms in total. The van der Waals surface area contributed by atoms with Gasteiger partial charge < -0.3 is 14.8 Å². The third kappa shape index (κ3) is 8.26. The van der Waals surface area contributed by atoms with Gasteiger partial charge in [-0.1, -0.05) is 13.8 Å². The lowest BCUT2D eigenvalue weighted by atomic mass is 9.86. The van der Waals surface area contributed by atoms with Gasteiger partial charge in [0.15, 0.2) is 0 Å². The molecule has 0 bridgehead atoms. The molecule has 0 aliphatic rings. The van der Waals surface area contributed by atoms with Gasteiger partial charge in [0.1, 0.15) is 11.9 Å². The predicted molar refractivity (Wildman–Crippen MR) is 63.3 cm³/mol. The zero-order chi connectivity index (χ0) is 12.8. The van der Waals surface area contributed by atoms with Gasteiger partial charge in [0.05, 0.1) is 0 Å². The van der Waals surface area contributed by atoms with Crippen molar-refractivity contribution in [3.8, 4) is 0 Å². The molecule has 1 amide bonds. The van der Waals surface area contributed by atoms with E-state index in [0.717, 1.165) is 12.7 Å². The molecule has 4 heteroatoms. The van der Waals surface area contributed by atoms with Gasteiger partial charge >= 0.3 is 6.09 Å². The van der Waals surface area contributed by atoms with Crippen molar-refractivity contribution >= 4 is 12.4 Å². The molecule has 16 heavy (non-hydrogen) atoms.